The van der Waals surface area contributed by atoms with Crippen LogP contribution in [0.15, 0.2) is 24.3 Å². The van der Waals surface area contributed by atoms with Crippen LogP contribution >= 0.6 is 0 Å². The van der Waals surface area contributed by atoms with Crippen LogP contribution in [-0.2, 0) is 11.3 Å². The van der Waals surface area contributed by atoms with E-state index in [4.69, 9.17) is 0 Å². The number of imide groups is 1. The van der Waals surface area contributed by atoms with Gasteiger partial charge in [0.15, 0.2) is 0 Å². The van der Waals surface area contributed by atoms with E-state index in [2.05, 4.69) is 59.0 Å². The minimum Gasteiger partial charge on any atom is -0.324 e. The van der Waals surface area contributed by atoms with Crippen molar-refractivity contribution in [1.82, 2.24) is 10.2 Å². The Labute approximate surface area is 158 Å². The normalized spacial score (nSPS) is 18.8. The third kappa shape index (κ3) is 4.66. The van der Waals surface area contributed by atoms with Crippen molar-refractivity contribution in [2.24, 2.45) is 10.8 Å². The van der Waals surface area contributed by atoms with Crippen LogP contribution in [0.5, 0.6) is 0 Å². The Morgan fingerprint density at radius 2 is 1.54 bits per heavy atom. The summed E-state index contributed by atoms with van der Waals surface area (Å²) in [7, 11) is 0. The first-order valence-corrected chi connectivity index (χ1v) is 9.44. The average Bonchev–Trinajstić information content (AvgIpc) is 2.66. The molecule has 3 amide bonds. The van der Waals surface area contributed by atoms with E-state index in [-0.39, 0.29) is 22.8 Å². The average molecular weight is 359 g/mol. The summed E-state index contributed by atoms with van der Waals surface area (Å²) in [6.07, 6.45) is 1.11. The number of carbonyl (C=O) groups is 2. The Morgan fingerprint density at radius 1 is 1.00 bits per heavy atom. The fourth-order valence-corrected chi connectivity index (χ4v) is 3.54. The van der Waals surface area contributed by atoms with Crippen LogP contribution in [0.2, 0.25) is 0 Å². The summed E-state index contributed by atoms with van der Waals surface area (Å²) in [5.41, 5.74) is 1.89. The number of nitrogens with zero attached hydrogens (tertiary/aromatic N) is 1. The Bertz CT molecular complexity index is 676. The molecule has 1 heterocycles. The molecule has 1 aromatic carbocycles. The summed E-state index contributed by atoms with van der Waals surface area (Å²) in [5.74, 6) is 0.277. The van der Waals surface area contributed by atoms with Gasteiger partial charge >= 0.3 is 6.03 Å². The second-order valence-electron chi connectivity index (χ2n) is 10.4. The van der Waals surface area contributed by atoms with Gasteiger partial charge in [-0.05, 0) is 48.1 Å². The number of rotatable bonds is 4. The van der Waals surface area contributed by atoms with Gasteiger partial charge in [-0.1, -0.05) is 65.8 Å². The van der Waals surface area contributed by atoms with Crippen molar-refractivity contribution in [2.45, 2.75) is 79.8 Å². The lowest BCUT2D eigenvalue weighted by atomic mass is 9.69. The molecule has 1 aliphatic rings. The molecule has 1 atom stereocenters. The summed E-state index contributed by atoms with van der Waals surface area (Å²) < 4.78 is 0. The van der Waals surface area contributed by atoms with E-state index in [1.165, 1.54) is 10.5 Å². The van der Waals surface area contributed by atoms with Crippen LogP contribution in [0, 0.1) is 10.8 Å². The summed E-state index contributed by atoms with van der Waals surface area (Å²) in [5, 5.41) is 2.73. The Morgan fingerprint density at radius 3 is 1.92 bits per heavy atom. The molecule has 4 nitrogen and oxygen atoms in total. The van der Waals surface area contributed by atoms with Gasteiger partial charge < -0.3 is 5.32 Å². The van der Waals surface area contributed by atoms with Gasteiger partial charge in [0.05, 0.1) is 6.54 Å². The highest BCUT2D eigenvalue weighted by atomic mass is 16.2. The summed E-state index contributed by atoms with van der Waals surface area (Å²) in [4.78, 5) is 25.7. The van der Waals surface area contributed by atoms with Crippen molar-refractivity contribution < 1.29 is 9.59 Å². The van der Waals surface area contributed by atoms with E-state index in [1.54, 1.807) is 13.8 Å². The van der Waals surface area contributed by atoms with Gasteiger partial charge in [-0.25, -0.2) is 4.79 Å². The van der Waals surface area contributed by atoms with Crippen LogP contribution in [0.25, 0.3) is 0 Å². The first-order valence-electron chi connectivity index (χ1n) is 9.44. The second-order valence-corrected chi connectivity index (χ2v) is 10.4. The molecule has 0 aromatic heterocycles. The molecule has 1 aliphatic heterocycles. The molecule has 1 aromatic rings. The molecule has 0 bridgehead atoms. The molecule has 26 heavy (non-hydrogen) atoms. The van der Waals surface area contributed by atoms with Crippen LogP contribution in [0.3, 0.4) is 0 Å². The van der Waals surface area contributed by atoms with Crippen LogP contribution in [-0.4, -0.2) is 22.4 Å². The summed E-state index contributed by atoms with van der Waals surface area (Å²) in [6.45, 7) is 17.5. The molecule has 2 rings (SSSR count). The van der Waals surface area contributed by atoms with Gasteiger partial charge in [-0.15, -0.1) is 0 Å². The van der Waals surface area contributed by atoms with Crippen LogP contribution in [0.4, 0.5) is 4.79 Å². The fraction of sp³-hybridized carbons (Fsp3) is 0.636. The number of urea groups is 1. The first kappa shape index (κ1) is 20.5. The maximum atomic E-state index is 12.3. The fourth-order valence-electron chi connectivity index (χ4n) is 3.54. The topological polar surface area (TPSA) is 49.4 Å². The van der Waals surface area contributed by atoms with Gasteiger partial charge in [0.1, 0.15) is 5.54 Å². The standard InChI is InChI=1S/C22H34N2O2/c1-20(2,3)13-17(21(4,5)6)16-11-9-15(10-12-16)14-24-18(25)22(7,8)23-19(24)26/h9-12,17H,13-14H2,1-8H3,(H,23,26). The molecule has 0 aliphatic carbocycles. The van der Waals surface area contributed by atoms with Crippen LogP contribution < -0.4 is 5.32 Å². The third-order valence-corrected chi connectivity index (χ3v) is 5.03. The molecular weight excluding hydrogens is 324 g/mol. The number of amides is 3. The lowest BCUT2D eigenvalue weighted by Gasteiger charge is -2.36. The molecular formula is C22H34N2O2. The molecule has 1 unspecified atom stereocenters. The maximum absolute atomic E-state index is 12.3. The second kappa shape index (κ2) is 6.71. The van der Waals surface area contributed by atoms with Gasteiger partial charge in [-0.2, -0.15) is 0 Å². The molecule has 144 valence electrons. The van der Waals surface area contributed by atoms with E-state index in [9.17, 15) is 9.59 Å². The highest BCUT2D eigenvalue weighted by Crippen LogP contribution is 2.43. The molecule has 1 saturated heterocycles. The number of hydrogen-bond donors (Lipinski definition) is 1. The SMILES string of the molecule is CC(C)(C)CC(c1ccc(CN2C(=O)NC(C)(C)C2=O)cc1)C(C)(C)C. The Hall–Kier alpha value is -1.84. The molecule has 0 radical (unpaired) electrons. The largest absolute Gasteiger partial charge is 0.325 e. The highest BCUT2D eigenvalue weighted by Gasteiger charge is 2.44. The highest BCUT2D eigenvalue weighted by molar-refractivity contribution is 6.06. The summed E-state index contributed by atoms with van der Waals surface area (Å²) in [6, 6.07) is 8.08. The van der Waals surface area contributed by atoms with Crippen molar-refractivity contribution in [3.8, 4) is 0 Å². The van der Waals surface area contributed by atoms with E-state index in [1.807, 2.05) is 12.1 Å². The van der Waals surface area contributed by atoms with E-state index < -0.39 is 5.54 Å². The minimum absolute atomic E-state index is 0.170. The molecule has 0 saturated carbocycles. The maximum Gasteiger partial charge on any atom is 0.325 e. The van der Waals surface area contributed by atoms with Gasteiger partial charge in [0.2, 0.25) is 0 Å². The van der Waals surface area contributed by atoms with Crippen molar-refractivity contribution in [3.05, 3.63) is 35.4 Å². The molecule has 0 spiro atoms. The van der Waals surface area contributed by atoms with Crippen molar-refractivity contribution in [3.63, 3.8) is 0 Å². The lowest BCUT2D eigenvalue weighted by molar-refractivity contribution is -0.130. The van der Waals surface area contributed by atoms with Crippen molar-refractivity contribution in [2.75, 3.05) is 0 Å². The molecule has 4 heteroatoms. The van der Waals surface area contributed by atoms with Crippen LogP contribution in [0.1, 0.15) is 78.9 Å². The van der Waals surface area contributed by atoms with Gasteiger partial charge in [-0.3, -0.25) is 9.69 Å². The number of nitrogens with one attached hydrogen (secondary N) is 1. The first-order chi connectivity index (χ1) is 11.7. The number of hydrogen-bond acceptors (Lipinski definition) is 2. The van der Waals surface area contributed by atoms with E-state index in [0.717, 1.165) is 12.0 Å². The van der Waals surface area contributed by atoms with Gasteiger partial charge in [0, 0.05) is 0 Å². The zero-order valence-electron chi connectivity index (χ0n) is 17.6. The van der Waals surface area contributed by atoms with E-state index >= 15 is 0 Å². The summed E-state index contributed by atoms with van der Waals surface area (Å²) >= 11 is 0. The van der Waals surface area contributed by atoms with Gasteiger partial charge in [0.25, 0.3) is 5.91 Å². The zero-order chi connectivity index (χ0) is 19.9. The molecule has 1 N–H and O–H groups in total. The predicted octanol–water partition coefficient (Wildman–Crippen LogP) is 5.08. The molecule has 1 fully saturated rings. The quantitative estimate of drug-likeness (QED) is 0.763. The number of benzene rings is 1. The van der Waals surface area contributed by atoms with Crippen molar-refractivity contribution >= 4 is 11.9 Å². The zero-order valence-corrected chi connectivity index (χ0v) is 17.6. The number of carbonyl (C=O) groups excluding carboxylic acids is 2. The lowest BCUT2D eigenvalue weighted by Crippen LogP contribution is -2.40. The predicted molar refractivity (Wildman–Crippen MR) is 106 cm³/mol. The van der Waals surface area contributed by atoms with E-state index in [0.29, 0.717) is 12.5 Å². The van der Waals surface area contributed by atoms with Crippen molar-refractivity contribution in [1.29, 1.82) is 0 Å². The Balaban J connectivity index is 2.19. The monoisotopic (exact) mass is 358 g/mol. The smallest absolute Gasteiger partial charge is 0.324 e. The third-order valence-electron chi connectivity index (χ3n) is 5.03. The minimum atomic E-state index is -0.818. The Kier molecular flexibility index (Phi) is 5.29.